The van der Waals surface area contributed by atoms with Crippen LogP contribution in [0.5, 0.6) is 0 Å². The van der Waals surface area contributed by atoms with Crippen molar-refractivity contribution < 1.29 is 15.0 Å². The van der Waals surface area contributed by atoms with Crippen LogP contribution in [0.25, 0.3) is 0 Å². The van der Waals surface area contributed by atoms with E-state index in [9.17, 15) is 4.79 Å². The molecule has 0 heterocycles. The second-order valence-electron chi connectivity index (χ2n) is 1.13. The van der Waals surface area contributed by atoms with Crippen LogP contribution >= 0.6 is 0 Å². The molecule has 0 aromatic rings. The van der Waals surface area contributed by atoms with E-state index in [0.717, 1.165) is 0 Å². The summed E-state index contributed by atoms with van der Waals surface area (Å²) in [6, 6.07) is 0. The molecule has 0 radical (unpaired) electrons. The van der Waals surface area contributed by atoms with E-state index in [0.29, 0.717) is 0 Å². The van der Waals surface area contributed by atoms with Gasteiger partial charge in [-0.2, -0.15) is 0 Å². The Morgan fingerprint density at radius 3 is 2.29 bits per heavy atom. The van der Waals surface area contributed by atoms with Gasteiger partial charge in [0.2, 0.25) is 0 Å². The molecule has 0 bridgehead atoms. The first kappa shape index (κ1) is 7.03. The van der Waals surface area contributed by atoms with Crippen LogP contribution in [0.3, 0.4) is 0 Å². The number of carbonyl (C=O) groups is 1. The van der Waals surface area contributed by atoms with E-state index in [4.69, 9.17) is 14.7 Å². The summed E-state index contributed by atoms with van der Waals surface area (Å²) in [4.78, 5) is 9.73. The van der Waals surface area contributed by atoms with Crippen LogP contribution in [-0.4, -0.2) is 36.4 Å². The normalized spacial score (nSPS) is 8.29. The fourth-order valence-corrected chi connectivity index (χ4v) is 0.406. The molecule has 0 saturated heterocycles. The molecule has 0 amide bonds. The summed E-state index contributed by atoms with van der Waals surface area (Å²) in [6.45, 7) is 0. The van der Waals surface area contributed by atoms with E-state index in [-0.39, 0.29) is 5.16 Å². The van der Waals surface area contributed by atoms with E-state index >= 15 is 0 Å². The molecule has 0 aliphatic heterocycles. The van der Waals surface area contributed by atoms with Gasteiger partial charge in [-0.05, 0) is 0 Å². The van der Waals surface area contributed by atoms with Crippen molar-refractivity contribution in [2.45, 2.75) is 0 Å². The third kappa shape index (κ3) is 2.69. The van der Waals surface area contributed by atoms with Gasteiger partial charge in [0.1, 0.15) is 0 Å². The molecule has 0 rings (SSSR count). The zero-order chi connectivity index (χ0) is 5.86. The van der Waals surface area contributed by atoms with Gasteiger partial charge in [0, 0.05) is 0 Å². The second-order valence-corrected chi connectivity index (χ2v) is 5.47. The maximum atomic E-state index is 9.73. The Kier molecular flexibility index (Phi) is 3.10. The second kappa shape index (κ2) is 3.08. The van der Waals surface area contributed by atoms with Gasteiger partial charge in [-0.15, -0.1) is 0 Å². The van der Waals surface area contributed by atoms with Gasteiger partial charge in [0.15, 0.2) is 0 Å². The molecule has 0 fully saturated rings. The van der Waals surface area contributed by atoms with Gasteiger partial charge >= 0.3 is 45.6 Å². The monoisotopic (exact) mass is 161 g/mol. The standard InChI is InChI=1S/CHO2.CH3O.Ga.H2N/c2-1-3;1-2;;/h(H,2,3);2H,1H2;;1H2/q;;+1;-1. The van der Waals surface area contributed by atoms with Crippen molar-refractivity contribution in [3.05, 3.63) is 0 Å². The molecule has 4 N–H and O–H groups in total. The van der Waals surface area contributed by atoms with E-state index < -0.39 is 21.0 Å². The Bertz CT molecular complexity index is 75.3. The fraction of sp³-hybridized carbons (Fsp3) is 0.500. The molecule has 0 aliphatic carbocycles. The van der Waals surface area contributed by atoms with Crippen molar-refractivity contribution in [2.24, 2.45) is 4.44 Å². The Morgan fingerprint density at radius 2 is 2.29 bits per heavy atom. The molecule has 0 aliphatic rings. The molecule has 5 heteroatoms. The predicted molar refractivity (Wildman–Crippen MR) is 25.1 cm³/mol. The predicted octanol–water partition coefficient (Wildman–Crippen LogP) is -1.27. The van der Waals surface area contributed by atoms with Crippen LogP contribution in [0.15, 0.2) is 0 Å². The van der Waals surface area contributed by atoms with E-state index in [1.54, 1.807) is 0 Å². The third-order valence-corrected chi connectivity index (χ3v) is 2.67. The molecular formula is C2H6GaNO3. The minimum atomic E-state index is -2.69. The number of hydrogen-bond acceptors (Lipinski definition) is 3. The average Bonchev–Trinajstić information content (AvgIpc) is 1.65. The summed E-state index contributed by atoms with van der Waals surface area (Å²) in [5, 5.41) is 15.7. The number of rotatable bonds is 2. The molecule has 7 heavy (non-hydrogen) atoms. The Hall–Kier alpha value is 0.0264. The summed E-state index contributed by atoms with van der Waals surface area (Å²) >= 11 is -2.69. The van der Waals surface area contributed by atoms with Gasteiger partial charge in [0.05, 0.1) is 0 Å². The summed E-state index contributed by atoms with van der Waals surface area (Å²) < 4.78 is 3.96. The topological polar surface area (TPSA) is 83.5 Å². The summed E-state index contributed by atoms with van der Waals surface area (Å²) in [5.41, 5.74) is 0. The molecule has 0 atom stereocenters. The Balaban J connectivity index is 3.34. The number of nitrogens with two attached hydrogens (primary N) is 1. The third-order valence-electron chi connectivity index (χ3n) is 0.514. The van der Waals surface area contributed by atoms with Gasteiger partial charge in [-0.1, -0.05) is 0 Å². The number of aliphatic hydroxyl groups is 1. The molecule has 0 unspecified atom stereocenters. The zero-order valence-electron chi connectivity index (χ0n) is 3.66. The van der Waals surface area contributed by atoms with Crippen molar-refractivity contribution in [1.29, 1.82) is 0 Å². The average molecular weight is 162 g/mol. The number of hydrogen-bond donors (Lipinski definition) is 3. The van der Waals surface area contributed by atoms with Crippen molar-refractivity contribution in [3.8, 4) is 0 Å². The molecule has 40 valence electrons. The maximum absolute atomic E-state index is 9.73. The van der Waals surface area contributed by atoms with Gasteiger partial charge < -0.3 is 0 Å². The quantitative estimate of drug-likeness (QED) is 0.441. The van der Waals surface area contributed by atoms with Crippen molar-refractivity contribution in [2.75, 3.05) is 5.16 Å². The van der Waals surface area contributed by atoms with E-state index in [2.05, 4.69) is 0 Å². The summed E-state index contributed by atoms with van der Waals surface area (Å²) in [7, 11) is 0. The van der Waals surface area contributed by atoms with Gasteiger partial charge in [0.25, 0.3) is 0 Å². The molecule has 0 saturated carbocycles. The Labute approximate surface area is 46.2 Å². The first-order valence-electron chi connectivity index (χ1n) is 1.77. The molecule has 0 spiro atoms. The fourth-order valence-electron chi connectivity index (χ4n) is 0.0781. The van der Waals surface area contributed by atoms with E-state index in [1.807, 2.05) is 0 Å². The van der Waals surface area contributed by atoms with Crippen LogP contribution in [-0.2, 0) is 0 Å². The molecular weight excluding hydrogens is 156 g/mol. The van der Waals surface area contributed by atoms with Crippen LogP contribution in [0.1, 0.15) is 0 Å². The van der Waals surface area contributed by atoms with Crippen LogP contribution in [0, 0.1) is 0 Å². The van der Waals surface area contributed by atoms with E-state index in [1.165, 1.54) is 0 Å². The van der Waals surface area contributed by atoms with Crippen molar-refractivity contribution >= 4 is 21.0 Å². The van der Waals surface area contributed by atoms with Crippen LogP contribution < -0.4 is 4.44 Å². The first-order chi connectivity index (χ1) is 3.18. The Morgan fingerprint density at radius 1 is 1.86 bits per heavy atom. The van der Waals surface area contributed by atoms with Crippen molar-refractivity contribution in [1.82, 2.24) is 0 Å². The van der Waals surface area contributed by atoms with Crippen LogP contribution in [0.2, 0.25) is 0 Å². The number of carboxylic acid groups (broad SMARTS) is 1. The molecule has 0 aromatic heterocycles. The zero-order valence-corrected chi connectivity index (χ0v) is 6.09. The molecule has 4 nitrogen and oxygen atoms in total. The SMILES string of the molecule is [NH2][Ga]([CH2]O)[C](=O)O. The minimum absolute atomic E-state index is 0.317. The number of aliphatic hydroxyl groups excluding tert-OH is 1. The van der Waals surface area contributed by atoms with Crippen molar-refractivity contribution in [3.63, 3.8) is 0 Å². The van der Waals surface area contributed by atoms with Crippen LogP contribution in [0.4, 0.5) is 4.79 Å². The first-order valence-corrected chi connectivity index (χ1v) is 6.10. The van der Waals surface area contributed by atoms with Gasteiger partial charge in [-0.25, -0.2) is 0 Å². The van der Waals surface area contributed by atoms with Gasteiger partial charge in [-0.3, -0.25) is 0 Å². The molecule has 0 aromatic carbocycles. The summed E-state index contributed by atoms with van der Waals surface area (Å²) in [6.07, 6.45) is 0. The summed E-state index contributed by atoms with van der Waals surface area (Å²) in [5.74, 6) is 0.